The topological polar surface area (TPSA) is 29.3 Å². The van der Waals surface area contributed by atoms with Gasteiger partial charge >= 0.3 is 0 Å². The summed E-state index contributed by atoms with van der Waals surface area (Å²) in [6.07, 6.45) is 7.93. The zero-order valence-corrected chi connectivity index (χ0v) is 12.5. The second-order valence-electron chi connectivity index (χ2n) is 6.14. The SMILES string of the molecule is CN(Cc1ccccc1F)C(CN)CC1CCCCC1. The second kappa shape index (κ2) is 7.75. The summed E-state index contributed by atoms with van der Waals surface area (Å²) in [5.41, 5.74) is 6.71. The van der Waals surface area contributed by atoms with Crippen LogP contribution in [0.2, 0.25) is 0 Å². The van der Waals surface area contributed by atoms with E-state index in [1.807, 2.05) is 12.1 Å². The van der Waals surface area contributed by atoms with Gasteiger partial charge in [0, 0.05) is 24.7 Å². The van der Waals surface area contributed by atoms with Gasteiger partial charge in [-0.3, -0.25) is 4.90 Å². The molecule has 0 spiro atoms. The van der Waals surface area contributed by atoms with Crippen LogP contribution in [0.4, 0.5) is 4.39 Å². The lowest BCUT2D eigenvalue weighted by atomic mass is 9.84. The van der Waals surface area contributed by atoms with Gasteiger partial charge in [0.2, 0.25) is 0 Å². The molecule has 1 fully saturated rings. The van der Waals surface area contributed by atoms with E-state index in [0.29, 0.717) is 19.1 Å². The van der Waals surface area contributed by atoms with Gasteiger partial charge in [0.1, 0.15) is 5.82 Å². The number of nitrogens with zero attached hydrogens (tertiary/aromatic N) is 1. The van der Waals surface area contributed by atoms with E-state index in [4.69, 9.17) is 5.73 Å². The van der Waals surface area contributed by atoms with Crippen LogP contribution in [0.25, 0.3) is 0 Å². The molecule has 0 aromatic heterocycles. The first-order chi connectivity index (χ1) is 9.70. The molecule has 1 aliphatic carbocycles. The number of rotatable bonds is 6. The number of nitrogens with two attached hydrogens (primary N) is 1. The van der Waals surface area contributed by atoms with E-state index < -0.39 is 0 Å². The first-order valence-electron chi connectivity index (χ1n) is 7.84. The van der Waals surface area contributed by atoms with Crippen LogP contribution in [-0.4, -0.2) is 24.5 Å². The average molecular weight is 278 g/mol. The fourth-order valence-corrected chi connectivity index (χ4v) is 3.29. The Kier molecular flexibility index (Phi) is 5.99. The maximum Gasteiger partial charge on any atom is 0.127 e. The molecule has 1 aromatic rings. The average Bonchev–Trinajstić information content (AvgIpc) is 2.48. The summed E-state index contributed by atoms with van der Waals surface area (Å²) in [7, 11) is 2.06. The summed E-state index contributed by atoms with van der Waals surface area (Å²) < 4.78 is 13.7. The first-order valence-corrected chi connectivity index (χ1v) is 7.84. The molecule has 2 rings (SSSR count). The molecule has 1 unspecified atom stereocenters. The highest BCUT2D eigenvalue weighted by atomic mass is 19.1. The van der Waals surface area contributed by atoms with Crippen molar-refractivity contribution in [3.05, 3.63) is 35.6 Å². The van der Waals surface area contributed by atoms with Crippen LogP contribution in [0, 0.1) is 11.7 Å². The van der Waals surface area contributed by atoms with Crippen molar-refractivity contribution in [2.24, 2.45) is 11.7 Å². The van der Waals surface area contributed by atoms with Crippen molar-refractivity contribution >= 4 is 0 Å². The molecule has 20 heavy (non-hydrogen) atoms. The molecule has 0 aliphatic heterocycles. The molecule has 3 heteroatoms. The number of halogens is 1. The van der Waals surface area contributed by atoms with Gasteiger partial charge in [0.15, 0.2) is 0 Å². The monoisotopic (exact) mass is 278 g/mol. The van der Waals surface area contributed by atoms with Gasteiger partial charge in [0.05, 0.1) is 0 Å². The minimum atomic E-state index is -0.118. The van der Waals surface area contributed by atoms with E-state index in [9.17, 15) is 4.39 Å². The van der Waals surface area contributed by atoms with Gasteiger partial charge in [-0.1, -0.05) is 50.3 Å². The maximum atomic E-state index is 13.7. The molecule has 0 heterocycles. The van der Waals surface area contributed by atoms with Crippen LogP contribution < -0.4 is 5.73 Å². The third kappa shape index (κ3) is 4.29. The normalized spacial score (nSPS) is 18.4. The summed E-state index contributed by atoms with van der Waals surface area (Å²) in [5.74, 6) is 0.688. The summed E-state index contributed by atoms with van der Waals surface area (Å²) in [6.45, 7) is 1.29. The Morgan fingerprint density at radius 2 is 1.95 bits per heavy atom. The Bertz CT molecular complexity index is 402. The van der Waals surface area contributed by atoms with Gasteiger partial charge in [-0.05, 0) is 25.5 Å². The molecular formula is C17H27FN2. The molecule has 112 valence electrons. The summed E-state index contributed by atoms with van der Waals surface area (Å²) in [5, 5.41) is 0. The van der Waals surface area contributed by atoms with Gasteiger partial charge < -0.3 is 5.73 Å². The molecule has 1 atom stereocenters. The van der Waals surface area contributed by atoms with Crippen molar-refractivity contribution < 1.29 is 4.39 Å². The molecule has 0 saturated heterocycles. The van der Waals surface area contributed by atoms with Crippen LogP contribution in [0.1, 0.15) is 44.1 Å². The first kappa shape index (κ1) is 15.5. The molecule has 1 aromatic carbocycles. The van der Waals surface area contributed by atoms with E-state index in [1.54, 1.807) is 6.07 Å². The molecule has 0 bridgehead atoms. The molecule has 2 nitrogen and oxygen atoms in total. The molecule has 1 saturated carbocycles. The fraction of sp³-hybridized carbons (Fsp3) is 0.647. The van der Waals surface area contributed by atoms with Crippen LogP contribution in [0.15, 0.2) is 24.3 Å². The highest BCUT2D eigenvalue weighted by Crippen LogP contribution is 2.28. The predicted molar refractivity (Wildman–Crippen MR) is 81.9 cm³/mol. The van der Waals surface area contributed by atoms with E-state index in [0.717, 1.165) is 17.9 Å². The minimum Gasteiger partial charge on any atom is -0.329 e. The zero-order chi connectivity index (χ0) is 14.4. The van der Waals surface area contributed by atoms with Gasteiger partial charge in [0.25, 0.3) is 0 Å². The van der Waals surface area contributed by atoms with Crippen LogP contribution in [-0.2, 0) is 6.54 Å². The Morgan fingerprint density at radius 1 is 1.25 bits per heavy atom. The lowest BCUT2D eigenvalue weighted by molar-refractivity contribution is 0.183. The fourth-order valence-electron chi connectivity index (χ4n) is 3.29. The van der Waals surface area contributed by atoms with E-state index in [-0.39, 0.29) is 5.82 Å². The zero-order valence-electron chi connectivity index (χ0n) is 12.5. The lowest BCUT2D eigenvalue weighted by Gasteiger charge is -2.32. The van der Waals surface area contributed by atoms with Crippen molar-refractivity contribution in [1.29, 1.82) is 0 Å². The van der Waals surface area contributed by atoms with Crippen molar-refractivity contribution in [3.63, 3.8) is 0 Å². The van der Waals surface area contributed by atoms with E-state index in [1.165, 1.54) is 38.2 Å². The Morgan fingerprint density at radius 3 is 2.60 bits per heavy atom. The molecule has 2 N–H and O–H groups in total. The van der Waals surface area contributed by atoms with Crippen molar-refractivity contribution in [1.82, 2.24) is 4.90 Å². The quantitative estimate of drug-likeness (QED) is 0.862. The van der Waals surface area contributed by atoms with Crippen molar-refractivity contribution in [2.75, 3.05) is 13.6 Å². The highest BCUT2D eigenvalue weighted by molar-refractivity contribution is 5.17. The van der Waals surface area contributed by atoms with Crippen LogP contribution in [0.3, 0.4) is 0 Å². The number of hydrogen-bond donors (Lipinski definition) is 1. The predicted octanol–water partition coefficient (Wildman–Crippen LogP) is 3.56. The van der Waals surface area contributed by atoms with Gasteiger partial charge in [-0.15, -0.1) is 0 Å². The molecule has 0 radical (unpaired) electrons. The number of likely N-dealkylation sites (N-methyl/N-ethyl adjacent to an activating group) is 1. The number of hydrogen-bond acceptors (Lipinski definition) is 2. The maximum absolute atomic E-state index is 13.7. The summed E-state index contributed by atoms with van der Waals surface area (Å²) in [6, 6.07) is 7.38. The third-order valence-corrected chi connectivity index (χ3v) is 4.60. The highest BCUT2D eigenvalue weighted by Gasteiger charge is 2.21. The van der Waals surface area contributed by atoms with Gasteiger partial charge in [-0.25, -0.2) is 4.39 Å². The third-order valence-electron chi connectivity index (χ3n) is 4.60. The Balaban J connectivity index is 1.91. The number of benzene rings is 1. The van der Waals surface area contributed by atoms with Crippen LogP contribution in [0.5, 0.6) is 0 Å². The summed E-state index contributed by atoms with van der Waals surface area (Å²) in [4.78, 5) is 2.22. The van der Waals surface area contributed by atoms with Gasteiger partial charge in [-0.2, -0.15) is 0 Å². The molecular weight excluding hydrogens is 251 g/mol. The molecule has 1 aliphatic rings. The summed E-state index contributed by atoms with van der Waals surface area (Å²) >= 11 is 0. The van der Waals surface area contributed by atoms with Crippen LogP contribution >= 0.6 is 0 Å². The lowest BCUT2D eigenvalue weighted by Crippen LogP contribution is -2.39. The van der Waals surface area contributed by atoms with E-state index in [2.05, 4.69) is 11.9 Å². The van der Waals surface area contributed by atoms with Crippen molar-refractivity contribution in [2.45, 2.75) is 51.1 Å². The Hall–Kier alpha value is -0.930. The smallest absolute Gasteiger partial charge is 0.127 e. The standard InChI is InChI=1S/C17H27FN2/c1-20(13-15-9-5-6-10-17(15)18)16(12-19)11-14-7-3-2-4-8-14/h5-6,9-10,14,16H,2-4,7-8,11-13,19H2,1H3. The Labute approximate surface area is 122 Å². The van der Waals surface area contributed by atoms with Crippen molar-refractivity contribution in [3.8, 4) is 0 Å². The van der Waals surface area contributed by atoms with E-state index >= 15 is 0 Å². The largest absolute Gasteiger partial charge is 0.329 e. The molecule has 0 amide bonds. The second-order valence-corrected chi connectivity index (χ2v) is 6.14. The minimum absolute atomic E-state index is 0.118.